The molecule has 0 spiro atoms. The average molecular weight is 849 g/mol. The first-order valence-electron chi connectivity index (χ1n) is 26.9. The Morgan fingerprint density at radius 3 is 0.817 bits per heavy atom. The second-order valence-corrected chi connectivity index (χ2v) is 19.0. The Hall–Kier alpha value is -1.59. The largest absolute Gasteiger partial charge is 0.462 e. The van der Waals surface area contributed by atoms with Crippen molar-refractivity contribution in [2.45, 2.75) is 310 Å². The highest BCUT2D eigenvalue weighted by Gasteiger charge is 2.19. The Bertz CT molecular complexity index is 903. The maximum absolute atomic E-state index is 12.7. The van der Waals surface area contributed by atoms with Gasteiger partial charge in [0.15, 0.2) is 6.10 Å². The molecule has 356 valence electrons. The van der Waals surface area contributed by atoms with Gasteiger partial charge in [0.25, 0.3) is 0 Å². The summed E-state index contributed by atoms with van der Waals surface area (Å²) < 4.78 is 16.8. The van der Waals surface area contributed by atoms with Crippen LogP contribution in [0.3, 0.4) is 0 Å². The first kappa shape index (κ1) is 58.4. The first-order chi connectivity index (χ1) is 29.4. The van der Waals surface area contributed by atoms with Gasteiger partial charge in [0.1, 0.15) is 13.2 Å². The molecule has 0 saturated carbocycles. The summed E-state index contributed by atoms with van der Waals surface area (Å²) in [4.78, 5) is 37.9. The minimum Gasteiger partial charge on any atom is -0.462 e. The van der Waals surface area contributed by atoms with Crippen molar-refractivity contribution in [2.24, 2.45) is 5.92 Å². The van der Waals surface area contributed by atoms with E-state index in [2.05, 4.69) is 27.7 Å². The fourth-order valence-electron chi connectivity index (χ4n) is 8.22. The quantitative estimate of drug-likeness (QED) is 0.0345. The number of carbonyl (C=O) groups excluding carboxylic acids is 3. The van der Waals surface area contributed by atoms with Crippen molar-refractivity contribution in [1.82, 2.24) is 0 Å². The van der Waals surface area contributed by atoms with Gasteiger partial charge >= 0.3 is 17.9 Å². The van der Waals surface area contributed by atoms with E-state index in [0.717, 1.165) is 63.7 Å². The fourth-order valence-corrected chi connectivity index (χ4v) is 8.22. The topological polar surface area (TPSA) is 78.9 Å². The van der Waals surface area contributed by atoms with Crippen molar-refractivity contribution < 1.29 is 28.6 Å². The van der Waals surface area contributed by atoms with Crippen LogP contribution >= 0.6 is 0 Å². The van der Waals surface area contributed by atoms with E-state index in [4.69, 9.17) is 14.2 Å². The summed E-state index contributed by atoms with van der Waals surface area (Å²) in [5.41, 5.74) is 0. The number of esters is 3. The van der Waals surface area contributed by atoms with Crippen molar-refractivity contribution in [1.29, 1.82) is 0 Å². The van der Waals surface area contributed by atoms with Crippen LogP contribution in [-0.4, -0.2) is 37.2 Å². The Labute approximate surface area is 374 Å². The minimum absolute atomic E-state index is 0.0626. The highest BCUT2D eigenvalue weighted by molar-refractivity contribution is 5.71. The van der Waals surface area contributed by atoms with E-state index in [1.54, 1.807) is 0 Å². The van der Waals surface area contributed by atoms with Crippen molar-refractivity contribution in [3.05, 3.63) is 0 Å². The number of hydrogen-bond donors (Lipinski definition) is 0. The van der Waals surface area contributed by atoms with E-state index in [0.29, 0.717) is 19.3 Å². The zero-order valence-corrected chi connectivity index (χ0v) is 40.9. The lowest BCUT2D eigenvalue weighted by Gasteiger charge is -2.18. The van der Waals surface area contributed by atoms with E-state index >= 15 is 0 Å². The molecule has 0 amide bonds. The van der Waals surface area contributed by atoms with Crippen LogP contribution < -0.4 is 0 Å². The molecule has 6 nitrogen and oxygen atoms in total. The highest BCUT2D eigenvalue weighted by Crippen LogP contribution is 2.17. The molecule has 0 heterocycles. The molecule has 0 aliphatic heterocycles. The van der Waals surface area contributed by atoms with Gasteiger partial charge in [-0.25, -0.2) is 0 Å². The third kappa shape index (κ3) is 47.5. The van der Waals surface area contributed by atoms with Gasteiger partial charge in [0, 0.05) is 19.3 Å². The van der Waals surface area contributed by atoms with E-state index in [9.17, 15) is 14.4 Å². The van der Waals surface area contributed by atoms with Crippen molar-refractivity contribution in [3.8, 4) is 0 Å². The normalized spacial score (nSPS) is 11.9. The van der Waals surface area contributed by atoms with Crippen LogP contribution in [-0.2, 0) is 28.6 Å². The van der Waals surface area contributed by atoms with Gasteiger partial charge in [-0.2, -0.15) is 0 Å². The summed E-state index contributed by atoms with van der Waals surface area (Å²) in [6.07, 6.45) is 50.9. The number of unbranched alkanes of at least 4 members (excludes halogenated alkanes) is 36. The molecule has 0 aromatic heterocycles. The molecular formula is C54H104O6. The van der Waals surface area contributed by atoms with E-state index < -0.39 is 6.10 Å². The maximum Gasteiger partial charge on any atom is 0.306 e. The Morgan fingerprint density at radius 2 is 0.550 bits per heavy atom. The summed E-state index contributed by atoms with van der Waals surface area (Å²) in [6, 6.07) is 0. The van der Waals surface area contributed by atoms with E-state index in [1.165, 1.54) is 199 Å². The zero-order valence-electron chi connectivity index (χ0n) is 40.9. The predicted octanol–water partition coefficient (Wildman–Crippen LogP) is 17.5. The first-order valence-corrected chi connectivity index (χ1v) is 26.9. The molecule has 0 N–H and O–H groups in total. The Balaban J connectivity index is 4.21. The molecule has 6 heteroatoms. The van der Waals surface area contributed by atoms with Crippen molar-refractivity contribution in [2.75, 3.05) is 13.2 Å². The summed E-state index contributed by atoms with van der Waals surface area (Å²) in [5, 5.41) is 0. The predicted molar refractivity (Wildman–Crippen MR) is 257 cm³/mol. The fraction of sp³-hybridized carbons (Fsp3) is 0.944. The summed E-state index contributed by atoms with van der Waals surface area (Å²) in [7, 11) is 0. The summed E-state index contributed by atoms with van der Waals surface area (Å²) in [5.74, 6) is -0.00457. The van der Waals surface area contributed by atoms with Crippen LogP contribution in [0, 0.1) is 5.92 Å². The number of rotatable bonds is 49. The second kappa shape index (κ2) is 48.4. The molecule has 0 unspecified atom stereocenters. The minimum atomic E-state index is -0.760. The zero-order chi connectivity index (χ0) is 43.8. The van der Waals surface area contributed by atoms with Gasteiger partial charge in [-0.15, -0.1) is 0 Å². The van der Waals surface area contributed by atoms with Crippen molar-refractivity contribution in [3.63, 3.8) is 0 Å². The molecule has 0 fully saturated rings. The molecule has 0 aliphatic rings. The molecule has 0 saturated heterocycles. The molecular weight excluding hydrogens is 745 g/mol. The number of carbonyl (C=O) groups is 3. The maximum atomic E-state index is 12.7. The molecule has 0 aliphatic carbocycles. The smallest absolute Gasteiger partial charge is 0.306 e. The van der Waals surface area contributed by atoms with Crippen LogP contribution in [0.15, 0.2) is 0 Å². The Morgan fingerprint density at radius 1 is 0.317 bits per heavy atom. The van der Waals surface area contributed by atoms with Crippen LogP contribution in [0.1, 0.15) is 304 Å². The van der Waals surface area contributed by atoms with Gasteiger partial charge in [0.05, 0.1) is 0 Å². The standard InChI is InChI=1S/C54H104O6/c1-5-7-9-11-13-15-16-17-18-19-20-23-26-30-33-37-41-45-52(55)58-48-51(60-54(57)47-43-39-35-28-14-12-10-8-6-2)49-59-53(56)46-42-38-34-31-27-24-21-22-25-29-32-36-40-44-50(3)4/h50-51H,5-49H2,1-4H3/t51-/m0/s1. The number of ether oxygens (including phenoxy) is 3. The van der Waals surface area contributed by atoms with Gasteiger partial charge in [0.2, 0.25) is 0 Å². The summed E-state index contributed by atoms with van der Waals surface area (Å²) in [6.45, 7) is 9.03. The molecule has 0 aromatic carbocycles. The van der Waals surface area contributed by atoms with Gasteiger partial charge in [-0.1, -0.05) is 265 Å². The molecule has 0 bridgehead atoms. The highest BCUT2D eigenvalue weighted by atomic mass is 16.6. The monoisotopic (exact) mass is 849 g/mol. The van der Waals surface area contributed by atoms with Crippen LogP contribution in [0.4, 0.5) is 0 Å². The Kier molecular flexibility index (Phi) is 47.2. The third-order valence-electron chi connectivity index (χ3n) is 12.3. The molecule has 0 rings (SSSR count). The van der Waals surface area contributed by atoms with E-state index in [-0.39, 0.29) is 31.1 Å². The van der Waals surface area contributed by atoms with Gasteiger partial charge in [-0.05, 0) is 25.2 Å². The lowest BCUT2D eigenvalue weighted by atomic mass is 10.0. The van der Waals surface area contributed by atoms with Gasteiger partial charge in [-0.3, -0.25) is 14.4 Å². The molecule has 0 aromatic rings. The average Bonchev–Trinajstić information content (AvgIpc) is 3.23. The SMILES string of the molecule is CCCCCCCCCCCCCCCCCCCC(=O)OC[C@@H](COC(=O)CCCCCCCCCCCCCCCC(C)C)OC(=O)CCCCCCCCCCC. The lowest BCUT2D eigenvalue weighted by molar-refractivity contribution is -0.167. The van der Waals surface area contributed by atoms with Crippen LogP contribution in [0.25, 0.3) is 0 Å². The second-order valence-electron chi connectivity index (χ2n) is 19.0. The summed E-state index contributed by atoms with van der Waals surface area (Å²) >= 11 is 0. The van der Waals surface area contributed by atoms with Crippen LogP contribution in [0.5, 0.6) is 0 Å². The van der Waals surface area contributed by atoms with Crippen LogP contribution in [0.2, 0.25) is 0 Å². The van der Waals surface area contributed by atoms with Gasteiger partial charge < -0.3 is 14.2 Å². The third-order valence-corrected chi connectivity index (χ3v) is 12.3. The van der Waals surface area contributed by atoms with Crippen molar-refractivity contribution >= 4 is 17.9 Å². The number of hydrogen-bond acceptors (Lipinski definition) is 6. The molecule has 60 heavy (non-hydrogen) atoms. The molecule has 1 atom stereocenters. The van der Waals surface area contributed by atoms with E-state index in [1.807, 2.05) is 0 Å². The molecule has 0 radical (unpaired) electrons. The lowest BCUT2D eigenvalue weighted by Crippen LogP contribution is -2.30.